The lowest BCUT2D eigenvalue weighted by molar-refractivity contribution is 0.304. The minimum atomic E-state index is -0.290. The Balaban J connectivity index is 2.04. The molecule has 2 rings (SSSR count). The molecule has 0 aliphatic carbocycles. The van der Waals surface area contributed by atoms with Gasteiger partial charge >= 0.3 is 0 Å². The van der Waals surface area contributed by atoms with Crippen molar-refractivity contribution in [3.8, 4) is 5.75 Å². The summed E-state index contributed by atoms with van der Waals surface area (Å²) >= 11 is 3.39. The normalized spacial score (nSPS) is 12.2. The van der Waals surface area contributed by atoms with E-state index >= 15 is 0 Å². The maximum Gasteiger partial charge on any atom is 0.127 e. The van der Waals surface area contributed by atoms with Crippen molar-refractivity contribution in [3.63, 3.8) is 0 Å². The molecule has 0 aromatic heterocycles. The minimum absolute atomic E-state index is 0.0473. The highest BCUT2D eigenvalue weighted by molar-refractivity contribution is 9.10. The van der Waals surface area contributed by atoms with Gasteiger partial charge in [0.1, 0.15) is 18.2 Å². The Morgan fingerprint density at radius 1 is 1.14 bits per heavy atom. The Morgan fingerprint density at radius 2 is 1.86 bits per heavy atom. The molecule has 2 N–H and O–H groups in total. The monoisotopic (exact) mass is 351 g/mol. The molecule has 0 saturated carbocycles. The number of rotatable bonds is 6. The van der Waals surface area contributed by atoms with Crippen LogP contribution < -0.4 is 10.5 Å². The molecule has 0 fully saturated rings. The lowest BCUT2D eigenvalue weighted by Gasteiger charge is -2.12. The zero-order valence-corrected chi connectivity index (χ0v) is 13.6. The molecule has 0 heterocycles. The molecule has 2 nitrogen and oxygen atoms in total. The third-order valence-corrected chi connectivity index (χ3v) is 3.80. The second kappa shape index (κ2) is 7.57. The first-order valence-corrected chi connectivity index (χ1v) is 7.78. The van der Waals surface area contributed by atoms with Crippen LogP contribution in [0, 0.1) is 5.82 Å². The summed E-state index contributed by atoms with van der Waals surface area (Å²) in [5.41, 5.74) is 7.82. The van der Waals surface area contributed by atoms with E-state index in [0.717, 1.165) is 22.0 Å². The first-order chi connectivity index (χ1) is 10.1. The summed E-state index contributed by atoms with van der Waals surface area (Å²) in [6, 6.07) is 12.7. The van der Waals surface area contributed by atoms with Crippen molar-refractivity contribution in [2.45, 2.75) is 32.4 Å². The predicted octanol–water partition coefficient (Wildman–Crippen LogP) is 4.45. The van der Waals surface area contributed by atoms with E-state index in [0.29, 0.717) is 18.8 Å². The van der Waals surface area contributed by atoms with Crippen LogP contribution in [0.15, 0.2) is 46.9 Å². The quantitative estimate of drug-likeness (QED) is 0.834. The van der Waals surface area contributed by atoms with Gasteiger partial charge < -0.3 is 10.5 Å². The summed E-state index contributed by atoms with van der Waals surface area (Å²) in [5.74, 6) is 0.248. The zero-order chi connectivity index (χ0) is 15.2. The van der Waals surface area contributed by atoms with Crippen LogP contribution in [-0.4, -0.2) is 6.04 Å². The Hall–Kier alpha value is -1.39. The number of halogens is 2. The van der Waals surface area contributed by atoms with Crippen LogP contribution in [0.1, 0.15) is 24.5 Å². The van der Waals surface area contributed by atoms with Crippen molar-refractivity contribution in [3.05, 3.63) is 63.9 Å². The topological polar surface area (TPSA) is 35.2 Å². The zero-order valence-electron chi connectivity index (χ0n) is 12.0. The van der Waals surface area contributed by atoms with Gasteiger partial charge in [-0.25, -0.2) is 4.39 Å². The summed E-state index contributed by atoms with van der Waals surface area (Å²) in [6.07, 6.45) is 1.52. The molecule has 4 heteroatoms. The number of nitrogens with two attached hydrogens (primary N) is 1. The molecule has 2 aromatic rings. The molecule has 0 aliphatic heterocycles. The van der Waals surface area contributed by atoms with Gasteiger partial charge in [0, 0.05) is 16.6 Å². The highest BCUT2D eigenvalue weighted by Crippen LogP contribution is 2.20. The Bertz CT molecular complexity index is 586. The van der Waals surface area contributed by atoms with Crippen molar-refractivity contribution in [2.75, 3.05) is 0 Å². The van der Waals surface area contributed by atoms with E-state index in [1.54, 1.807) is 0 Å². The van der Waals surface area contributed by atoms with Crippen molar-refractivity contribution in [1.29, 1.82) is 0 Å². The van der Waals surface area contributed by atoms with Crippen LogP contribution in [0.4, 0.5) is 4.39 Å². The van der Waals surface area contributed by atoms with E-state index in [1.807, 2.05) is 37.3 Å². The standard InChI is InChI=1S/C17H19BrFNO/c1-2-16(20)8-13-7-15(19)10-17(9-13)21-11-12-3-5-14(18)6-4-12/h3-7,9-10,16H,2,8,11,20H2,1H3. The maximum absolute atomic E-state index is 13.6. The Morgan fingerprint density at radius 3 is 2.52 bits per heavy atom. The number of ether oxygens (including phenoxy) is 1. The summed E-state index contributed by atoms with van der Waals surface area (Å²) in [4.78, 5) is 0. The summed E-state index contributed by atoms with van der Waals surface area (Å²) in [6.45, 7) is 2.44. The third-order valence-electron chi connectivity index (χ3n) is 3.27. The molecule has 2 aromatic carbocycles. The molecule has 0 spiro atoms. The van der Waals surface area contributed by atoms with E-state index in [9.17, 15) is 4.39 Å². The van der Waals surface area contributed by atoms with Gasteiger partial charge in [-0.05, 0) is 48.2 Å². The molecule has 0 amide bonds. The van der Waals surface area contributed by atoms with Crippen LogP contribution in [0.25, 0.3) is 0 Å². The summed E-state index contributed by atoms with van der Waals surface area (Å²) in [7, 11) is 0. The fourth-order valence-electron chi connectivity index (χ4n) is 2.02. The van der Waals surface area contributed by atoms with E-state index < -0.39 is 0 Å². The number of hydrogen-bond acceptors (Lipinski definition) is 2. The van der Waals surface area contributed by atoms with Gasteiger partial charge in [-0.15, -0.1) is 0 Å². The summed E-state index contributed by atoms with van der Waals surface area (Å²) in [5, 5.41) is 0. The van der Waals surface area contributed by atoms with Gasteiger partial charge in [0.2, 0.25) is 0 Å². The molecule has 0 radical (unpaired) electrons. The molecule has 21 heavy (non-hydrogen) atoms. The van der Waals surface area contributed by atoms with E-state index in [4.69, 9.17) is 10.5 Å². The highest BCUT2D eigenvalue weighted by atomic mass is 79.9. The molecule has 0 saturated heterocycles. The maximum atomic E-state index is 13.6. The van der Waals surface area contributed by atoms with Crippen LogP contribution in [-0.2, 0) is 13.0 Å². The molecular formula is C17H19BrFNO. The van der Waals surface area contributed by atoms with Gasteiger partial charge in [-0.2, -0.15) is 0 Å². The van der Waals surface area contributed by atoms with Crippen LogP contribution in [0.5, 0.6) is 5.75 Å². The molecule has 1 atom stereocenters. The first kappa shape index (κ1) is 16.0. The molecule has 0 bridgehead atoms. The molecular weight excluding hydrogens is 333 g/mol. The fourth-order valence-corrected chi connectivity index (χ4v) is 2.28. The Labute approximate surface area is 133 Å². The fraction of sp³-hybridized carbons (Fsp3) is 0.294. The Kier molecular flexibility index (Phi) is 5.76. The van der Waals surface area contributed by atoms with Crippen LogP contribution in [0.3, 0.4) is 0 Å². The first-order valence-electron chi connectivity index (χ1n) is 6.99. The van der Waals surface area contributed by atoms with Gasteiger partial charge in [-0.3, -0.25) is 0 Å². The summed E-state index contributed by atoms with van der Waals surface area (Å²) < 4.78 is 20.3. The van der Waals surface area contributed by atoms with Crippen molar-refractivity contribution in [1.82, 2.24) is 0 Å². The number of hydrogen-bond donors (Lipinski definition) is 1. The highest BCUT2D eigenvalue weighted by Gasteiger charge is 2.06. The lowest BCUT2D eigenvalue weighted by atomic mass is 10.0. The van der Waals surface area contributed by atoms with E-state index in [2.05, 4.69) is 15.9 Å². The minimum Gasteiger partial charge on any atom is -0.489 e. The van der Waals surface area contributed by atoms with Gasteiger partial charge in [0.15, 0.2) is 0 Å². The van der Waals surface area contributed by atoms with Gasteiger partial charge in [0.25, 0.3) is 0 Å². The lowest BCUT2D eigenvalue weighted by Crippen LogP contribution is -2.21. The molecule has 0 aliphatic rings. The van der Waals surface area contributed by atoms with Crippen LogP contribution >= 0.6 is 15.9 Å². The predicted molar refractivity (Wildman–Crippen MR) is 86.8 cm³/mol. The smallest absolute Gasteiger partial charge is 0.127 e. The largest absolute Gasteiger partial charge is 0.489 e. The SMILES string of the molecule is CCC(N)Cc1cc(F)cc(OCc2ccc(Br)cc2)c1. The van der Waals surface area contributed by atoms with E-state index in [1.165, 1.54) is 12.1 Å². The number of benzene rings is 2. The second-order valence-electron chi connectivity index (χ2n) is 5.08. The van der Waals surface area contributed by atoms with Crippen molar-refractivity contribution < 1.29 is 9.13 Å². The molecule has 112 valence electrons. The van der Waals surface area contributed by atoms with Crippen molar-refractivity contribution in [2.24, 2.45) is 5.73 Å². The average Bonchev–Trinajstić information content (AvgIpc) is 2.46. The van der Waals surface area contributed by atoms with E-state index in [-0.39, 0.29) is 11.9 Å². The average molecular weight is 352 g/mol. The van der Waals surface area contributed by atoms with Gasteiger partial charge in [-0.1, -0.05) is 35.0 Å². The third kappa shape index (κ3) is 5.14. The second-order valence-corrected chi connectivity index (χ2v) is 6.00. The van der Waals surface area contributed by atoms with Crippen LogP contribution in [0.2, 0.25) is 0 Å². The van der Waals surface area contributed by atoms with Crippen molar-refractivity contribution >= 4 is 15.9 Å². The van der Waals surface area contributed by atoms with Gasteiger partial charge in [0.05, 0.1) is 0 Å². The molecule has 1 unspecified atom stereocenters.